The average molecular weight is 452 g/mol. The summed E-state index contributed by atoms with van der Waals surface area (Å²) >= 11 is 1.18. The summed E-state index contributed by atoms with van der Waals surface area (Å²) < 4.78 is 44.6. The molecular weight excluding hydrogens is 429 g/mol. The summed E-state index contributed by atoms with van der Waals surface area (Å²) in [5.74, 6) is -1.35. The number of carbonyl (C=O) groups excluding carboxylic acids is 2. The lowest BCUT2D eigenvalue weighted by atomic mass is 10.1. The van der Waals surface area contributed by atoms with Crippen molar-refractivity contribution in [2.45, 2.75) is 29.1 Å². The molecule has 0 radical (unpaired) electrons. The number of ether oxygens (including phenoxy) is 1. The van der Waals surface area contributed by atoms with Gasteiger partial charge in [0.15, 0.2) is 12.4 Å². The van der Waals surface area contributed by atoms with Gasteiger partial charge in [-0.15, -0.1) is 11.8 Å². The Labute approximate surface area is 179 Å². The second kappa shape index (κ2) is 10.2. The number of piperidine rings is 1. The summed E-state index contributed by atoms with van der Waals surface area (Å²) in [6.45, 7) is 0.588. The van der Waals surface area contributed by atoms with Crippen molar-refractivity contribution in [3.05, 3.63) is 59.9 Å². The Bertz CT molecular complexity index is 985. The van der Waals surface area contributed by atoms with Gasteiger partial charge >= 0.3 is 5.97 Å². The first-order chi connectivity index (χ1) is 14.4. The predicted molar refractivity (Wildman–Crippen MR) is 111 cm³/mol. The molecule has 0 atom stereocenters. The van der Waals surface area contributed by atoms with Gasteiger partial charge in [0.2, 0.25) is 10.0 Å². The average Bonchev–Trinajstić information content (AvgIpc) is 2.77. The fourth-order valence-electron chi connectivity index (χ4n) is 3.01. The van der Waals surface area contributed by atoms with E-state index in [1.54, 1.807) is 12.1 Å². The van der Waals surface area contributed by atoms with Crippen LogP contribution in [0.5, 0.6) is 0 Å². The Balaban J connectivity index is 1.50. The van der Waals surface area contributed by atoms with Crippen LogP contribution in [0.25, 0.3) is 0 Å². The molecule has 0 aliphatic carbocycles. The Morgan fingerprint density at radius 2 is 1.60 bits per heavy atom. The van der Waals surface area contributed by atoms with Crippen molar-refractivity contribution in [2.24, 2.45) is 0 Å². The molecule has 1 fully saturated rings. The Morgan fingerprint density at radius 1 is 0.967 bits per heavy atom. The molecule has 1 aliphatic rings. The van der Waals surface area contributed by atoms with E-state index in [1.807, 2.05) is 0 Å². The minimum Gasteiger partial charge on any atom is -0.457 e. The maximum Gasteiger partial charge on any atom is 0.316 e. The number of hydrogen-bond donors (Lipinski definition) is 0. The van der Waals surface area contributed by atoms with Gasteiger partial charge in [-0.2, -0.15) is 4.31 Å². The molecule has 1 saturated heterocycles. The van der Waals surface area contributed by atoms with Crippen LogP contribution < -0.4 is 0 Å². The van der Waals surface area contributed by atoms with Crippen LogP contribution in [0.2, 0.25) is 0 Å². The zero-order valence-corrected chi connectivity index (χ0v) is 17.9. The van der Waals surface area contributed by atoms with E-state index < -0.39 is 28.4 Å². The molecule has 1 aliphatic heterocycles. The zero-order chi connectivity index (χ0) is 21.6. The van der Waals surface area contributed by atoms with Crippen LogP contribution in [-0.2, 0) is 19.6 Å². The van der Waals surface area contributed by atoms with Gasteiger partial charge in [-0.25, -0.2) is 12.8 Å². The lowest BCUT2D eigenvalue weighted by Crippen LogP contribution is -2.35. The van der Waals surface area contributed by atoms with E-state index in [0.29, 0.717) is 18.0 Å². The second-order valence-electron chi connectivity index (χ2n) is 6.82. The molecule has 2 aromatic rings. The number of thioether (sulfide) groups is 1. The fraction of sp³-hybridized carbons (Fsp3) is 0.333. The molecular formula is C21H22FNO5S2. The summed E-state index contributed by atoms with van der Waals surface area (Å²) in [5, 5.41) is 0. The van der Waals surface area contributed by atoms with E-state index in [4.69, 9.17) is 4.74 Å². The lowest BCUT2D eigenvalue weighted by molar-refractivity contribution is -0.139. The van der Waals surface area contributed by atoms with Crippen molar-refractivity contribution in [2.75, 3.05) is 25.4 Å². The van der Waals surface area contributed by atoms with Gasteiger partial charge < -0.3 is 4.74 Å². The molecule has 0 aromatic heterocycles. The first kappa shape index (κ1) is 22.5. The number of benzene rings is 2. The topological polar surface area (TPSA) is 80.8 Å². The van der Waals surface area contributed by atoms with Crippen LogP contribution in [0.4, 0.5) is 4.39 Å². The minimum atomic E-state index is -3.56. The first-order valence-corrected chi connectivity index (χ1v) is 12.0. The normalized spacial score (nSPS) is 15.0. The van der Waals surface area contributed by atoms with Gasteiger partial charge in [0, 0.05) is 23.5 Å². The minimum absolute atomic E-state index is 0.00801. The van der Waals surface area contributed by atoms with Crippen LogP contribution in [-0.4, -0.2) is 49.9 Å². The van der Waals surface area contributed by atoms with Crippen molar-refractivity contribution in [1.29, 1.82) is 0 Å². The number of sulfonamides is 1. The van der Waals surface area contributed by atoms with Gasteiger partial charge in [-0.3, -0.25) is 9.59 Å². The van der Waals surface area contributed by atoms with Crippen molar-refractivity contribution < 1.29 is 27.1 Å². The SMILES string of the molecule is O=C(CSc1ccc(F)cc1)OCC(=O)c1ccc(S(=O)(=O)N2CCCCC2)cc1. The molecule has 0 N–H and O–H groups in total. The molecule has 6 nitrogen and oxygen atoms in total. The van der Waals surface area contributed by atoms with Gasteiger partial charge in [0.25, 0.3) is 0 Å². The molecule has 9 heteroatoms. The Morgan fingerprint density at radius 3 is 2.23 bits per heavy atom. The van der Waals surface area contributed by atoms with Crippen molar-refractivity contribution in [1.82, 2.24) is 4.31 Å². The van der Waals surface area contributed by atoms with Gasteiger partial charge in [-0.05, 0) is 61.4 Å². The highest BCUT2D eigenvalue weighted by molar-refractivity contribution is 8.00. The molecule has 2 aromatic carbocycles. The molecule has 1 heterocycles. The number of carbonyl (C=O) groups is 2. The molecule has 0 amide bonds. The van der Waals surface area contributed by atoms with Crippen molar-refractivity contribution in [3.63, 3.8) is 0 Å². The lowest BCUT2D eigenvalue weighted by Gasteiger charge is -2.25. The third kappa shape index (κ3) is 5.90. The van der Waals surface area contributed by atoms with Crippen LogP contribution in [0.1, 0.15) is 29.6 Å². The highest BCUT2D eigenvalue weighted by atomic mass is 32.2. The van der Waals surface area contributed by atoms with Crippen molar-refractivity contribution in [3.8, 4) is 0 Å². The van der Waals surface area contributed by atoms with E-state index in [0.717, 1.165) is 19.3 Å². The number of ketones is 1. The number of nitrogens with zero attached hydrogens (tertiary/aromatic N) is 1. The second-order valence-corrected chi connectivity index (χ2v) is 9.80. The largest absolute Gasteiger partial charge is 0.457 e. The molecule has 0 spiro atoms. The summed E-state index contributed by atoms with van der Waals surface area (Å²) in [4.78, 5) is 24.9. The molecule has 30 heavy (non-hydrogen) atoms. The number of Topliss-reactive ketones (excluding diaryl/α,β-unsaturated/α-hetero) is 1. The maximum absolute atomic E-state index is 12.9. The quantitative estimate of drug-likeness (QED) is 0.347. The van der Waals surface area contributed by atoms with E-state index in [2.05, 4.69) is 0 Å². The third-order valence-electron chi connectivity index (χ3n) is 4.66. The fourth-order valence-corrected chi connectivity index (χ4v) is 5.22. The number of hydrogen-bond acceptors (Lipinski definition) is 6. The molecule has 3 rings (SSSR count). The van der Waals surface area contributed by atoms with E-state index in [1.165, 1.54) is 52.5 Å². The van der Waals surface area contributed by atoms with Crippen LogP contribution in [0, 0.1) is 5.82 Å². The number of rotatable bonds is 8. The highest BCUT2D eigenvalue weighted by Crippen LogP contribution is 2.21. The van der Waals surface area contributed by atoms with Crippen LogP contribution in [0.15, 0.2) is 58.3 Å². The smallest absolute Gasteiger partial charge is 0.316 e. The number of esters is 1. The standard InChI is InChI=1S/C21H22FNO5S2/c22-17-6-8-18(9-7-17)29-15-21(25)28-14-20(24)16-4-10-19(11-5-16)30(26,27)23-12-2-1-3-13-23/h4-11H,1-3,12-15H2. The van der Waals surface area contributed by atoms with Gasteiger partial charge in [0.1, 0.15) is 5.82 Å². The summed E-state index contributed by atoms with van der Waals surface area (Å²) in [5.41, 5.74) is 0.270. The van der Waals surface area contributed by atoms with Crippen molar-refractivity contribution >= 4 is 33.5 Å². The zero-order valence-electron chi connectivity index (χ0n) is 16.3. The Hall–Kier alpha value is -2.23. The van der Waals surface area contributed by atoms with E-state index in [9.17, 15) is 22.4 Å². The van der Waals surface area contributed by atoms with E-state index in [-0.39, 0.29) is 22.0 Å². The number of halogens is 1. The molecule has 160 valence electrons. The third-order valence-corrected chi connectivity index (χ3v) is 7.56. The Kier molecular flexibility index (Phi) is 7.63. The van der Waals surface area contributed by atoms with Gasteiger partial charge in [0.05, 0.1) is 10.6 Å². The summed E-state index contributed by atoms with van der Waals surface area (Å²) in [6.07, 6.45) is 2.72. The molecule has 0 bridgehead atoms. The summed E-state index contributed by atoms with van der Waals surface area (Å²) in [7, 11) is -3.56. The molecule has 0 saturated carbocycles. The monoisotopic (exact) mass is 451 g/mol. The maximum atomic E-state index is 12.9. The van der Waals surface area contributed by atoms with Gasteiger partial charge in [-0.1, -0.05) is 6.42 Å². The predicted octanol–water partition coefficient (Wildman–Crippen LogP) is 3.52. The first-order valence-electron chi connectivity index (χ1n) is 9.54. The molecule has 0 unspecified atom stereocenters. The van der Waals surface area contributed by atoms with Crippen LogP contribution in [0.3, 0.4) is 0 Å². The summed E-state index contributed by atoms with van der Waals surface area (Å²) in [6, 6.07) is 11.4. The van der Waals surface area contributed by atoms with E-state index >= 15 is 0 Å². The van der Waals surface area contributed by atoms with Crippen LogP contribution >= 0.6 is 11.8 Å². The highest BCUT2D eigenvalue weighted by Gasteiger charge is 2.26.